The average Bonchev–Trinajstić information content (AvgIpc) is 1.85. The molecule has 12 heavy (non-hydrogen) atoms. The number of hydrogen-bond acceptors (Lipinski definition) is 3. The van der Waals surface area contributed by atoms with Crippen LogP contribution in [0.5, 0.6) is 0 Å². The van der Waals surface area contributed by atoms with Crippen molar-refractivity contribution >= 4 is 40.7 Å². The first-order valence-electron chi connectivity index (χ1n) is 2.79. The number of nitriles is 1. The van der Waals surface area contributed by atoms with Gasteiger partial charge in [-0.05, 0) is 0 Å². The third-order valence-corrected chi connectivity index (χ3v) is 1.47. The number of aliphatic hydroxyl groups is 1. The van der Waals surface area contributed by atoms with Crippen molar-refractivity contribution in [3.8, 4) is 6.07 Å². The minimum absolute atomic E-state index is 0.391. The van der Waals surface area contributed by atoms with Crippen LogP contribution in [-0.4, -0.2) is 21.0 Å². The first-order chi connectivity index (χ1) is 5.38. The Morgan fingerprint density at radius 1 is 1.67 bits per heavy atom. The second kappa shape index (κ2) is 4.73. The van der Waals surface area contributed by atoms with E-state index in [4.69, 9.17) is 45.2 Å². The van der Waals surface area contributed by atoms with E-state index < -0.39 is 22.3 Å². The van der Waals surface area contributed by atoms with E-state index in [1.54, 1.807) is 6.07 Å². The van der Waals surface area contributed by atoms with E-state index in [2.05, 4.69) is 0 Å². The fourth-order valence-electron chi connectivity index (χ4n) is 0.357. The summed E-state index contributed by atoms with van der Waals surface area (Å²) in [5.41, 5.74) is 0. The smallest absolute Gasteiger partial charge is 0.236 e. The van der Waals surface area contributed by atoms with Gasteiger partial charge in [0.05, 0.1) is 6.07 Å². The van der Waals surface area contributed by atoms with Crippen LogP contribution >= 0.6 is 34.8 Å². The molecule has 7 heteroatoms. The van der Waals surface area contributed by atoms with Gasteiger partial charge in [-0.25, -0.2) is 0 Å². The van der Waals surface area contributed by atoms with Gasteiger partial charge in [-0.15, -0.1) is 0 Å². The van der Waals surface area contributed by atoms with Gasteiger partial charge in [-0.2, -0.15) is 5.26 Å². The van der Waals surface area contributed by atoms with Crippen LogP contribution in [0.4, 0.5) is 0 Å². The van der Waals surface area contributed by atoms with Crippen LogP contribution in [-0.2, 0) is 4.79 Å². The van der Waals surface area contributed by atoms with E-state index in [1.165, 1.54) is 0 Å². The topological polar surface area (TPSA) is 73.1 Å². The van der Waals surface area contributed by atoms with Crippen LogP contribution in [0.15, 0.2) is 0 Å². The fourth-order valence-corrected chi connectivity index (χ4v) is 0.521. The Balaban J connectivity index is 3.95. The summed E-state index contributed by atoms with van der Waals surface area (Å²) >= 11 is 15.6. The van der Waals surface area contributed by atoms with Crippen molar-refractivity contribution in [1.82, 2.24) is 5.32 Å². The Morgan fingerprint density at radius 2 is 2.17 bits per heavy atom. The highest BCUT2D eigenvalue weighted by molar-refractivity contribution is 6.68. The molecule has 1 amide bonds. The molecule has 0 bridgehead atoms. The molecule has 0 aliphatic carbocycles. The van der Waals surface area contributed by atoms with Crippen molar-refractivity contribution in [3.05, 3.63) is 0 Å². The van der Waals surface area contributed by atoms with Crippen LogP contribution < -0.4 is 5.32 Å². The van der Waals surface area contributed by atoms with E-state index in [9.17, 15) is 4.79 Å². The second-order valence-electron chi connectivity index (χ2n) is 1.85. The lowest BCUT2D eigenvalue weighted by atomic mass is 10.4. The Morgan fingerprint density at radius 3 is 2.50 bits per heavy atom. The van der Waals surface area contributed by atoms with Crippen molar-refractivity contribution in [3.63, 3.8) is 0 Å². The molecule has 0 spiro atoms. The maximum absolute atomic E-state index is 10.6. The molecule has 68 valence electrons. The lowest BCUT2D eigenvalue weighted by Gasteiger charge is -2.19. The highest BCUT2D eigenvalue weighted by atomic mass is 35.6. The number of alkyl halides is 3. The van der Waals surface area contributed by atoms with Crippen LogP contribution in [0.3, 0.4) is 0 Å². The summed E-state index contributed by atoms with van der Waals surface area (Å²) < 4.78 is -1.98. The molecule has 0 saturated carbocycles. The van der Waals surface area contributed by atoms with Crippen molar-refractivity contribution in [2.45, 2.75) is 16.4 Å². The predicted octanol–water partition coefficient (Wildman–Crippen LogP) is 0.705. The van der Waals surface area contributed by atoms with Crippen LogP contribution in [0.25, 0.3) is 0 Å². The molecule has 0 aromatic heterocycles. The van der Waals surface area contributed by atoms with Gasteiger partial charge in [0.25, 0.3) is 0 Å². The fraction of sp³-hybridized carbons (Fsp3) is 0.600. The molecule has 0 aromatic rings. The van der Waals surface area contributed by atoms with E-state index in [0.717, 1.165) is 0 Å². The number of halogens is 3. The highest BCUT2D eigenvalue weighted by Crippen LogP contribution is 2.28. The molecule has 1 atom stereocenters. The summed E-state index contributed by atoms with van der Waals surface area (Å²) in [7, 11) is 0. The largest absolute Gasteiger partial charge is 0.369 e. The summed E-state index contributed by atoms with van der Waals surface area (Å²) in [6.45, 7) is 0. The summed E-state index contributed by atoms with van der Waals surface area (Å²) in [6.07, 6.45) is -2.00. The number of carbonyl (C=O) groups excluding carboxylic acids is 1. The summed E-state index contributed by atoms with van der Waals surface area (Å²) in [5, 5.41) is 18.9. The van der Waals surface area contributed by atoms with Gasteiger partial charge in [0.1, 0.15) is 6.42 Å². The Kier molecular flexibility index (Phi) is 4.64. The number of hydrogen-bond donors (Lipinski definition) is 2. The standard InChI is InChI=1S/C5H5Cl3N2O2/c6-5(7,8)4(12)10-3(11)1-2-9/h4,12H,1H2,(H,10,11)/t4-/m0/s1. The van der Waals surface area contributed by atoms with Crippen molar-refractivity contribution in [2.75, 3.05) is 0 Å². The van der Waals surface area contributed by atoms with E-state index in [0.29, 0.717) is 0 Å². The molecule has 0 rings (SSSR count). The molecule has 0 aliphatic rings. The van der Waals surface area contributed by atoms with Gasteiger partial charge in [0.15, 0.2) is 6.23 Å². The molecular formula is C5H5Cl3N2O2. The molecule has 0 saturated heterocycles. The van der Waals surface area contributed by atoms with Crippen molar-refractivity contribution in [1.29, 1.82) is 5.26 Å². The third-order valence-electron chi connectivity index (χ3n) is 0.847. The summed E-state index contributed by atoms with van der Waals surface area (Å²) in [6, 6.07) is 1.57. The van der Waals surface area contributed by atoms with Gasteiger partial charge < -0.3 is 10.4 Å². The number of carbonyl (C=O) groups is 1. The number of aliphatic hydroxyl groups excluding tert-OH is 1. The molecule has 0 fully saturated rings. The average molecular weight is 231 g/mol. The summed E-state index contributed by atoms with van der Waals surface area (Å²) in [4.78, 5) is 10.6. The first kappa shape index (κ1) is 11.8. The normalized spacial score (nSPS) is 13.2. The number of nitrogens with one attached hydrogen (secondary N) is 1. The minimum atomic E-state index is -1.98. The third kappa shape index (κ3) is 4.62. The van der Waals surface area contributed by atoms with E-state index in [1.807, 2.05) is 5.32 Å². The predicted molar refractivity (Wildman–Crippen MR) is 44.7 cm³/mol. The van der Waals surface area contributed by atoms with Crippen molar-refractivity contribution < 1.29 is 9.90 Å². The lowest BCUT2D eigenvalue weighted by Crippen LogP contribution is -2.43. The van der Waals surface area contributed by atoms with E-state index >= 15 is 0 Å². The zero-order valence-electron chi connectivity index (χ0n) is 5.72. The maximum Gasteiger partial charge on any atom is 0.236 e. The van der Waals surface area contributed by atoms with Crippen LogP contribution in [0.1, 0.15) is 6.42 Å². The SMILES string of the molecule is N#CCC(=O)N[C@@H](O)C(Cl)(Cl)Cl. The molecular weight excluding hydrogens is 226 g/mol. The molecule has 2 N–H and O–H groups in total. The molecule has 4 nitrogen and oxygen atoms in total. The number of amides is 1. The highest BCUT2D eigenvalue weighted by Gasteiger charge is 2.31. The van der Waals surface area contributed by atoms with Gasteiger partial charge in [-0.1, -0.05) is 34.8 Å². The molecule has 0 heterocycles. The van der Waals surface area contributed by atoms with Gasteiger partial charge in [-0.3, -0.25) is 4.79 Å². The van der Waals surface area contributed by atoms with Crippen molar-refractivity contribution in [2.24, 2.45) is 0 Å². The second-order valence-corrected chi connectivity index (χ2v) is 4.22. The van der Waals surface area contributed by atoms with Gasteiger partial charge >= 0.3 is 0 Å². The molecule has 0 unspecified atom stereocenters. The zero-order chi connectivity index (χ0) is 9.78. The molecule has 0 aliphatic heterocycles. The Labute approximate surface area is 84.0 Å². The lowest BCUT2D eigenvalue weighted by molar-refractivity contribution is -0.122. The number of rotatable bonds is 2. The van der Waals surface area contributed by atoms with E-state index in [-0.39, 0.29) is 0 Å². The number of nitrogens with zero attached hydrogens (tertiary/aromatic N) is 1. The minimum Gasteiger partial charge on any atom is -0.369 e. The molecule has 0 aromatic carbocycles. The first-order valence-corrected chi connectivity index (χ1v) is 3.92. The van der Waals surface area contributed by atoms with Gasteiger partial charge in [0, 0.05) is 0 Å². The summed E-state index contributed by atoms with van der Waals surface area (Å²) in [5.74, 6) is -0.698. The van der Waals surface area contributed by atoms with Crippen LogP contribution in [0.2, 0.25) is 0 Å². The molecule has 0 radical (unpaired) electrons. The zero-order valence-corrected chi connectivity index (χ0v) is 7.99. The Bertz CT molecular complexity index is 208. The quantitative estimate of drug-likeness (QED) is 0.543. The monoisotopic (exact) mass is 230 g/mol. The Hall–Kier alpha value is -0.210. The maximum atomic E-state index is 10.6. The van der Waals surface area contributed by atoms with Gasteiger partial charge in [0.2, 0.25) is 9.70 Å². The van der Waals surface area contributed by atoms with Crippen LogP contribution in [0, 0.1) is 11.3 Å².